The summed E-state index contributed by atoms with van der Waals surface area (Å²) in [5, 5.41) is 23.1. The summed E-state index contributed by atoms with van der Waals surface area (Å²) in [7, 11) is 0. The highest BCUT2D eigenvalue weighted by Crippen LogP contribution is 2.50. The molecule has 1 aliphatic carbocycles. The van der Waals surface area contributed by atoms with Gasteiger partial charge in [0.05, 0.1) is 0 Å². The highest BCUT2D eigenvalue weighted by Gasteiger charge is 2.36. The lowest BCUT2D eigenvalue weighted by Gasteiger charge is -2.34. The van der Waals surface area contributed by atoms with Gasteiger partial charge in [0, 0.05) is 35.4 Å². The van der Waals surface area contributed by atoms with Crippen molar-refractivity contribution in [2.24, 2.45) is 0 Å². The number of rotatable bonds is 1. The van der Waals surface area contributed by atoms with Crippen LogP contribution in [0.3, 0.4) is 0 Å². The molecule has 0 saturated heterocycles. The molecular formula is C20H17NO5. The summed E-state index contributed by atoms with van der Waals surface area (Å²) in [4.78, 5) is 12.7. The molecule has 1 atom stereocenters. The quantitative estimate of drug-likeness (QED) is 0.683. The standard InChI is InChI=1S/C20H17NO5/c22-14-5-4-10(6-16(14)24)19-11-7-17-18(26-9-25-17)8-13(11)21-12-2-1-3-15(23)20(12)19/h4-8,19,21-22,24H,1-3,9H2/t19-/m1/s1. The average molecular weight is 351 g/mol. The van der Waals surface area contributed by atoms with Crippen LogP contribution in [0.15, 0.2) is 41.6 Å². The van der Waals surface area contributed by atoms with E-state index in [0.29, 0.717) is 17.9 Å². The minimum Gasteiger partial charge on any atom is -0.504 e. The van der Waals surface area contributed by atoms with Crippen molar-refractivity contribution in [3.05, 3.63) is 52.7 Å². The van der Waals surface area contributed by atoms with Crippen LogP contribution >= 0.6 is 0 Å². The summed E-state index contributed by atoms with van der Waals surface area (Å²) in [5.74, 6) is 0.724. The molecule has 0 radical (unpaired) electrons. The lowest BCUT2D eigenvalue weighted by Crippen LogP contribution is -2.26. The Labute approximate surface area is 149 Å². The Hall–Kier alpha value is -3.15. The van der Waals surface area contributed by atoms with Gasteiger partial charge in [0.2, 0.25) is 6.79 Å². The molecule has 0 saturated carbocycles. The van der Waals surface area contributed by atoms with E-state index in [-0.39, 0.29) is 30.0 Å². The van der Waals surface area contributed by atoms with Crippen LogP contribution in [0, 0.1) is 0 Å². The van der Waals surface area contributed by atoms with E-state index in [1.807, 2.05) is 12.1 Å². The molecule has 5 rings (SSSR count). The van der Waals surface area contributed by atoms with Crippen LogP contribution in [0.4, 0.5) is 5.69 Å². The molecule has 2 aromatic rings. The average Bonchev–Trinajstić information content (AvgIpc) is 3.08. The van der Waals surface area contributed by atoms with E-state index in [4.69, 9.17) is 9.47 Å². The predicted molar refractivity (Wildman–Crippen MR) is 93.7 cm³/mol. The zero-order chi connectivity index (χ0) is 17.8. The van der Waals surface area contributed by atoms with Crippen LogP contribution in [0.2, 0.25) is 0 Å². The smallest absolute Gasteiger partial charge is 0.231 e. The highest BCUT2D eigenvalue weighted by atomic mass is 16.7. The van der Waals surface area contributed by atoms with E-state index in [2.05, 4.69) is 5.32 Å². The molecular weight excluding hydrogens is 334 g/mol. The van der Waals surface area contributed by atoms with Crippen LogP contribution < -0.4 is 14.8 Å². The topological polar surface area (TPSA) is 88.0 Å². The van der Waals surface area contributed by atoms with E-state index in [1.165, 1.54) is 12.1 Å². The molecule has 0 aromatic heterocycles. The van der Waals surface area contributed by atoms with Crippen molar-refractivity contribution in [3.63, 3.8) is 0 Å². The second-order valence-corrected chi connectivity index (χ2v) is 6.77. The van der Waals surface area contributed by atoms with Gasteiger partial charge in [-0.15, -0.1) is 0 Å². The Balaban J connectivity index is 1.74. The minimum atomic E-state index is -0.324. The third kappa shape index (κ3) is 2.15. The molecule has 2 aromatic carbocycles. The Bertz CT molecular complexity index is 978. The summed E-state index contributed by atoms with van der Waals surface area (Å²) >= 11 is 0. The number of hydrogen-bond acceptors (Lipinski definition) is 6. The largest absolute Gasteiger partial charge is 0.504 e. The second kappa shape index (κ2) is 5.42. The van der Waals surface area contributed by atoms with Crippen molar-refractivity contribution in [1.82, 2.24) is 0 Å². The van der Waals surface area contributed by atoms with Gasteiger partial charge in [0.1, 0.15) is 0 Å². The van der Waals surface area contributed by atoms with Gasteiger partial charge in [-0.2, -0.15) is 0 Å². The van der Waals surface area contributed by atoms with Gasteiger partial charge in [-0.25, -0.2) is 0 Å². The molecule has 0 unspecified atom stereocenters. The van der Waals surface area contributed by atoms with Crippen LogP contribution in [0.25, 0.3) is 0 Å². The number of aromatic hydroxyl groups is 2. The van der Waals surface area contributed by atoms with E-state index >= 15 is 0 Å². The van der Waals surface area contributed by atoms with Crippen LogP contribution in [0.5, 0.6) is 23.0 Å². The lowest BCUT2D eigenvalue weighted by molar-refractivity contribution is -0.116. The molecule has 0 amide bonds. The van der Waals surface area contributed by atoms with Crippen molar-refractivity contribution in [1.29, 1.82) is 0 Å². The number of anilines is 1. The number of hydrogen-bond donors (Lipinski definition) is 3. The maximum atomic E-state index is 12.7. The number of carbonyl (C=O) groups is 1. The Morgan fingerprint density at radius 2 is 1.81 bits per heavy atom. The Kier molecular flexibility index (Phi) is 3.16. The van der Waals surface area contributed by atoms with Gasteiger partial charge < -0.3 is 25.0 Å². The van der Waals surface area contributed by atoms with Gasteiger partial charge in [-0.1, -0.05) is 6.07 Å². The Morgan fingerprint density at radius 1 is 1.00 bits per heavy atom. The van der Waals surface area contributed by atoms with Crippen LogP contribution in [0.1, 0.15) is 36.3 Å². The number of ether oxygens (including phenoxy) is 2. The summed E-state index contributed by atoms with van der Waals surface area (Å²) < 4.78 is 11.0. The van der Waals surface area contributed by atoms with Crippen molar-refractivity contribution >= 4 is 11.5 Å². The number of ketones is 1. The van der Waals surface area contributed by atoms with E-state index in [1.54, 1.807) is 6.07 Å². The number of benzene rings is 2. The van der Waals surface area contributed by atoms with Gasteiger partial charge in [0.15, 0.2) is 28.8 Å². The fraction of sp³-hybridized carbons (Fsp3) is 0.250. The van der Waals surface area contributed by atoms with Gasteiger partial charge in [0.25, 0.3) is 0 Å². The first kappa shape index (κ1) is 15.1. The van der Waals surface area contributed by atoms with Crippen molar-refractivity contribution in [2.45, 2.75) is 25.2 Å². The molecule has 3 N–H and O–H groups in total. The molecule has 0 spiro atoms. The number of nitrogens with one attached hydrogen (secondary N) is 1. The summed E-state index contributed by atoms with van der Waals surface area (Å²) in [5.41, 5.74) is 4.18. The molecule has 2 heterocycles. The molecule has 2 aliphatic heterocycles. The Morgan fingerprint density at radius 3 is 2.62 bits per heavy atom. The monoisotopic (exact) mass is 351 g/mol. The van der Waals surface area contributed by atoms with Gasteiger partial charge >= 0.3 is 0 Å². The van der Waals surface area contributed by atoms with E-state index in [0.717, 1.165) is 40.9 Å². The molecule has 3 aliphatic rings. The third-order valence-electron chi connectivity index (χ3n) is 5.22. The molecule has 0 fully saturated rings. The number of phenols is 2. The lowest BCUT2D eigenvalue weighted by atomic mass is 9.75. The number of allylic oxidation sites excluding steroid dienone is 2. The maximum absolute atomic E-state index is 12.7. The van der Waals surface area contributed by atoms with E-state index in [9.17, 15) is 15.0 Å². The van der Waals surface area contributed by atoms with Crippen molar-refractivity contribution < 1.29 is 24.5 Å². The molecule has 0 bridgehead atoms. The SMILES string of the molecule is O=C1CCCC2=C1[C@H](c1ccc(O)c(O)c1)c1cc3c(cc1N2)OCO3. The first-order chi connectivity index (χ1) is 12.6. The fourth-order valence-electron chi connectivity index (χ4n) is 4.02. The fourth-order valence-corrected chi connectivity index (χ4v) is 4.02. The number of phenolic OH excluding ortho intramolecular Hbond substituents is 2. The number of carbonyl (C=O) groups excluding carboxylic acids is 1. The van der Waals surface area contributed by atoms with E-state index < -0.39 is 0 Å². The summed E-state index contributed by atoms with van der Waals surface area (Å²) in [6, 6.07) is 8.50. The molecule has 6 nitrogen and oxygen atoms in total. The van der Waals surface area contributed by atoms with Crippen LogP contribution in [-0.4, -0.2) is 22.8 Å². The predicted octanol–water partition coefficient (Wildman–Crippen LogP) is 3.39. The van der Waals surface area contributed by atoms with Gasteiger partial charge in [-0.3, -0.25) is 4.79 Å². The normalized spacial score (nSPS) is 20.5. The first-order valence-electron chi connectivity index (χ1n) is 8.60. The summed E-state index contributed by atoms with van der Waals surface area (Å²) in [6.45, 7) is 0.176. The zero-order valence-electron chi connectivity index (χ0n) is 13.9. The van der Waals surface area contributed by atoms with Crippen LogP contribution in [-0.2, 0) is 4.79 Å². The molecule has 26 heavy (non-hydrogen) atoms. The number of fused-ring (bicyclic) bond motifs is 2. The highest BCUT2D eigenvalue weighted by molar-refractivity contribution is 6.01. The zero-order valence-corrected chi connectivity index (χ0v) is 13.9. The maximum Gasteiger partial charge on any atom is 0.231 e. The second-order valence-electron chi connectivity index (χ2n) is 6.77. The summed E-state index contributed by atoms with van der Waals surface area (Å²) in [6.07, 6.45) is 2.13. The molecule has 6 heteroatoms. The van der Waals surface area contributed by atoms with Crippen molar-refractivity contribution in [3.8, 4) is 23.0 Å². The number of Topliss-reactive ketones (excluding diaryl/α,β-unsaturated/α-hetero) is 1. The first-order valence-corrected chi connectivity index (χ1v) is 8.60. The van der Waals surface area contributed by atoms with Gasteiger partial charge in [-0.05, 0) is 42.2 Å². The van der Waals surface area contributed by atoms with Crippen molar-refractivity contribution in [2.75, 3.05) is 12.1 Å². The minimum absolute atomic E-state index is 0.111. The molecule has 132 valence electrons. The third-order valence-corrected chi connectivity index (χ3v) is 5.22.